The van der Waals surface area contributed by atoms with E-state index in [-0.39, 0.29) is 30.1 Å². The number of aliphatic hydroxyl groups excluding tert-OH is 1. The number of thiophene rings is 1. The molecule has 3 aromatic rings. The molecule has 0 saturated carbocycles. The fraction of sp³-hybridized carbons (Fsp3) is 0.357. The highest BCUT2D eigenvalue weighted by Crippen LogP contribution is 2.30. The van der Waals surface area contributed by atoms with Crippen molar-refractivity contribution in [3.63, 3.8) is 0 Å². The fourth-order valence-electron chi connectivity index (χ4n) is 5.16. The second-order valence-corrected chi connectivity index (χ2v) is 12.7. The van der Waals surface area contributed by atoms with Gasteiger partial charge in [-0.2, -0.15) is 0 Å². The molecule has 0 spiro atoms. The van der Waals surface area contributed by atoms with Crippen molar-refractivity contribution in [2.24, 2.45) is 5.73 Å². The number of nitrogens with one attached hydrogen (secondary N) is 2. The van der Waals surface area contributed by atoms with E-state index in [4.69, 9.17) is 21.3 Å². The molecule has 1 saturated heterocycles. The van der Waals surface area contributed by atoms with Crippen LogP contribution < -0.4 is 14.8 Å². The van der Waals surface area contributed by atoms with Gasteiger partial charge in [0.25, 0.3) is 10.0 Å². The van der Waals surface area contributed by atoms with Gasteiger partial charge in [0, 0.05) is 39.0 Å². The summed E-state index contributed by atoms with van der Waals surface area (Å²) in [5, 5.41) is 27.8. The molecule has 212 valence electrons. The Bertz CT molecular complexity index is 1450. The molecule has 0 radical (unpaired) electrons. The van der Waals surface area contributed by atoms with Crippen LogP contribution in [0.15, 0.2) is 64.9 Å². The lowest BCUT2D eigenvalue weighted by Gasteiger charge is -2.33. The lowest BCUT2D eigenvalue weighted by Crippen LogP contribution is -2.41. The second kappa shape index (κ2) is 11.9. The molecule has 10 nitrogen and oxygen atoms in total. The van der Waals surface area contributed by atoms with Crippen LogP contribution in [0.2, 0.25) is 0 Å². The number of likely N-dealkylation sites (tertiary alicyclic amines) is 1. The average Bonchev–Trinajstić information content (AvgIpc) is 3.51. The Hall–Kier alpha value is -3.61. The standard InChI is InChI=1S/C28H34N6O4S2/c29-27(26-2-1-17-39-26)32-13-10-24(11-14-32)38-23-5-7-25(8-6-23)40(36,37)34(15-16-35)22-4-3-20-9-12-33(28(30)31)19-21(20)18-22/h1-8,17-18,24,29,35H,9-16,19H2,(H3,30,31). The molecule has 1 fully saturated rings. The number of aliphatic hydroxyl groups is 1. The largest absolute Gasteiger partial charge is 0.490 e. The van der Waals surface area contributed by atoms with Gasteiger partial charge in [-0.15, -0.1) is 11.3 Å². The SMILES string of the molecule is N=C(N)N1CCc2ccc(N(CCO)S(=O)(=O)c3ccc(OC4CCN(C(=N)c5cccs5)CC4)cc3)cc2C1. The van der Waals surface area contributed by atoms with Gasteiger partial charge in [0.15, 0.2) is 5.96 Å². The topological polar surface area (TPSA) is 147 Å². The van der Waals surface area contributed by atoms with Crippen LogP contribution >= 0.6 is 11.3 Å². The lowest BCUT2D eigenvalue weighted by atomic mass is 9.99. The number of benzene rings is 2. The van der Waals surface area contributed by atoms with Gasteiger partial charge in [-0.05, 0) is 65.4 Å². The molecule has 0 amide bonds. The molecule has 5 N–H and O–H groups in total. The van der Waals surface area contributed by atoms with E-state index in [0.717, 1.165) is 48.4 Å². The molecule has 12 heteroatoms. The number of piperidine rings is 1. The van der Waals surface area contributed by atoms with Crippen molar-refractivity contribution in [1.82, 2.24) is 9.80 Å². The Kier molecular flexibility index (Phi) is 8.29. The van der Waals surface area contributed by atoms with E-state index >= 15 is 0 Å². The third kappa shape index (κ3) is 5.93. The number of hydrogen-bond donors (Lipinski definition) is 4. The van der Waals surface area contributed by atoms with E-state index in [9.17, 15) is 13.5 Å². The van der Waals surface area contributed by atoms with E-state index in [1.54, 1.807) is 40.5 Å². The van der Waals surface area contributed by atoms with Gasteiger partial charge < -0.3 is 25.4 Å². The zero-order chi connectivity index (χ0) is 28.3. The van der Waals surface area contributed by atoms with Crippen LogP contribution in [0.1, 0.15) is 28.8 Å². The van der Waals surface area contributed by atoms with Gasteiger partial charge in [0.1, 0.15) is 17.7 Å². The quantitative estimate of drug-likeness (QED) is 0.236. The first-order valence-electron chi connectivity index (χ1n) is 13.2. The molecular formula is C28H34N6O4S2. The smallest absolute Gasteiger partial charge is 0.264 e. The monoisotopic (exact) mass is 582 g/mol. The van der Waals surface area contributed by atoms with Crippen LogP contribution in [0.25, 0.3) is 0 Å². The summed E-state index contributed by atoms with van der Waals surface area (Å²) in [5.74, 6) is 1.13. The van der Waals surface area contributed by atoms with E-state index in [1.807, 2.05) is 23.6 Å². The molecule has 0 atom stereocenters. The van der Waals surface area contributed by atoms with Gasteiger partial charge in [0.2, 0.25) is 0 Å². The number of rotatable bonds is 8. The number of fused-ring (bicyclic) bond motifs is 1. The van der Waals surface area contributed by atoms with Gasteiger partial charge in [-0.25, -0.2) is 8.42 Å². The fourth-order valence-corrected chi connectivity index (χ4v) is 7.31. The van der Waals surface area contributed by atoms with Crippen molar-refractivity contribution in [3.8, 4) is 5.75 Å². The van der Waals surface area contributed by atoms with Crippen LogP contribution in [-0.4, -0.2) is 74.0 Å². The van der Waals surface area contributed by atoms with Gasteiger partial charge in [-0.1, -0.05) is 12.1 Å². The minimum Gasteiger partial charge on any atom is -0.490 e. The molecule has 1 aromatic heterocycles. The van der Waals surface area contributed by atoms with Crippen molar-refractivity contribution >= 4 is 38.8 Å². The lowest BCUT2D eigenvalue weighted by molar-refractivity contribution is 0.131. The van der Waals surface area contributed by atoms with E-state index in [2.05, 4.69) is 4.90 Å². The Morgan fingerprint density at radius 2 is 1.80 bits per heavy atom. The summed E-state index contributed by atoms with van der Waals surface area (Å²) < 4.78 is 34.7. The van der Waals surface area contributed by atoms with Crippen LogP contribution in [-0.2, 0) is 23.0 Å². The predicted molar refractivity (Wildman–Crippen MR) is 157 cm³/mol. The normalized spacial score (nSPS) is 15.9. The van der Waals surface area contributed by atoms with Gasteiger partial charge >= 0.3 is 0 Å². The summed E-state index contributed by atoms with van der Waals surface area (Å²) in [5.41, 5.74) is 8.14. The molecule has 2 aliphatic heterocycles. The number of nitrogens with two attached hydrogens (primary N) is 1. The first-order chi connectivity index (χ1) is 19.3. The molecule has 3 heterocycles. The Morgan fingerprint density at radius 3 is 2.45 bits per heavy atom. The maximum absolute atomic E-state index is 13.6. The highest BCUT2D eigenvalue weighted by Gasteiger charge is 2.27. The Morgan fingerprint density at radius 1 is 1.05 bits per heavy atom. The zero-order valence-corrected chi connectivity index (χ0v) is 23.8. The first-order valence-corrected chi connectivity index (χ1v) is 15.6. The summed E-state index contributed by atoms with van der Waals surface area (Å²) in [7, 11) is -3.95. The van der Waals surface area contributed by atoms with Gasteiger partial charge in [0.05, 0.1) is 28.6 Å². The third-order valence-corrected chi connectivity index (χ3v) is 10.1. The zero-order valence-electron chi connectivity index (χ0n) is 22.1. The maximum atomic E-state index is 13.6. The molecule has 5 rings (SSSR count). The minimum absolute atomic E-state index is 0.00852. The average molecular weight is 583 g/mol. The van der Waals surface area contributed by atoms with Gasteiger partial charge in [-0.3, -0.25) is 15.1 Å². The first kappa shape index (κ1) is 27.9. The summed E-state index contributed by atoms with van der Waals surface area (Å²) in [6.07, 6.45) is 2.26. The second-order valence-electron chi connectivity index (χ2n) is 9.91. The van der Waals surface area contributed by atoms with E-state index in [0.29, 0.717) is 30.4 Å². The van der Waals surface area contributed by atoms with E-state index in [1.165, 1.54) is 16.4 Å². The number of hydrogen-bond acceptors (Lipinski definition) is 7. The molecule has 0 bridgehead atoms. The predicted octanol–water partition coefficient (Wildman–Crippen LogP) is 3.06. The number of ether oxygens (including phenoxy) is 1. The molecular weight excluding hydrogens is 548 g/mol. The van der Waals surface area contributed by atoms with Crippen molar-refractivity contribution < 1.29 is 18.3 Å². The van der Waals surface area contributed by atoms with Crippen LogP contribution in [0, 0.1) is 10.8 Å². The highest BCUT2D eigenvalue weighted by molar-refractivity contribution is 7.92. The Balaban J connectivity index is 1.26. The Labute approximate surface area is 238 Å². The summed E-state index contributed by atoms with van der Waals surface area (Å²) in [6, 6.07) is 15.8. The molecule has 40 heavy (non-hydrogen) atoms. The van der Waals surface area contributed by atoms with Crippen molar-refractivity contribution in [3.05, 3.63) is 76.0 Å². The number of anilines is 1. The van der Waals surface area contributed by atoms with Crippen molar-refractivity contribution in [1.29, 1.82) is 10.8 Å². The number of guanidine groups is 1. The maximum Gasteiger partial charge on any atom is 0.264 e. The number of amidine groups is 1. The minimum atomic E-state index is -3.95. The highest BCUT2D eigenvalue weighted by atomic mass is 32.2. The van der Waals surface area contributed by atoms with Crippen LogP contribution in [0.3, 0.4) is 0 Å². The molecule has 2 aromatic carbocycles. The summed E-state index contributed by atoms with van der Waals surface area (Å²) in [4.78, 5) is 4.87. The van der Waals surface area contributed by atoms with E-state index < -0.39 is 10.0 Å². The molecule has 0 unspecified atom stereocenters. The summed E-state index contributed by atoms with van der Waals surface area (Å²) in [6.45, 7) is 2.12. The van der Waals surface area contributed by atoms with Crippen LogP contribution in [0.5, 0.6) is 5.75 Å². The molecule has 2 aliphatic rings. The number of sulfonamides is 1. The van der Waals surface area contributed by atoms with Crippen molar-refractivity contribution in [2.45, 2.75) is 36.8 Å². The van der Waals surface area contributed by atoms with Crippen molar-refractivity contribution in [2.75, 3.05) is 37.1 Å². The summed E-state index contributed by atoms with van der Waals surface area (Å²) >= 11 is 1.56. The molecule has 0 aliphatic carbocycles. The third-order valence-electron chi connectivity index (χ3n) is 7.36. The van der Waals surface area contributed by atoms with Crippen LogP contribution in [0.4, 0.5) is 5.69 Å². The number of nitrogens with zero attached hydrogens (tertiary/aromatic N) is 3.